The molecule has 5 rings (SSSR count). The van der Waals surface area contributed by atoms with Gasteiger partial charge in [-0.1, -0.05) is 12.0 Å². The van der Waals surface area contributed by atoms with Crippen molar-refractivity contribution in [3.8, 4) is 28.8 Å². The first-order valence-electron chi connectivity index (χ1n) is 13.5. The van der Waals surface area contributed by atoms with Crippen LogP contribution in [0.1, 0.15) is 53.6 Å². The normalized spacial score (nSPS) is 15.7. The number of nitrogens with zero attached hydrogens (tertiary/aromatic N) is 3. The number of ether oxygens (including phenoxy) is 2. The maximum Gasteiger partial charge on any atom is 0.298 e. The molecule has 220 valence electrons. The third-order valence-electron chi connectivity index (χ3n) is 7.20. The Hall–Kier alpha value is -4.56. The van der Waals surface area contributed by atoms with Crippen molar-refractivity contribution in [2.45, 2.75) is 45.1 Å². The summed E-state index contributed by atoms with van der Waals surface area (Å²) in [5.74, 6) is 3.84. The Morgan fingerprint density at radius 1 is 1.12 bits per heavy atom. The second-order valence-corrected chi connectivity index (χ2v) is 10.0. The van der Waals surface area contributed by atoms with Gasteiger partial charge in [0.2, 0.25) is 0 Å². The minimum absolute atomic E-state index is 0.0861. The standard InChI is InChI=1S/C22H20F2N4O2.C9H13NO2/c1-11-16(19-20(30-2)21(25)27-10-26-19)8-14(23)9-18(11)28-22(29)15-6-5-13(7-17(15)24)12-3-4-12;1-3-4-9(11)10-6-5-8(7-10)12-2/h5-10,12H,3-4H2,1-2H3,(H,28,29)(H2,25,26,27);8H,5-7H2,1-2H3. The Morgan fingerprint density at radius 3 is 2.50 bits per heavy atom. The zero-order chi connectivity index (χ0) is 30.4. The summed E-state index contributed by atoms with van der Waals surface area (Å²) in [6.07, 6.45) is 4.44. The van der Waals surface area contributed by atoms with Gasteiger partial charge >= 0.3 is 0 Å². The number of aromatic nitrogens is 2. The lowest BCUT2D eigenvalue weighted by Gasteiger charge is -2.15. The predicted octanol–water partition coefficient (Wildman–Crippen LogP) is 4.71. The average molecular weight is 578 g/mol. The molecule has 0 radical (unpaired) electrons. The number of benzene rings is 2. The highest BCUT2D eigenvalue weighted by Crippen LogP contribution is 2.40. The zero-order valence-electron chi connectivity index (χ0n) is 24.0. The van der Waals surface area contributed by atoms with Crippen molar-refractivity contribution < 1.29 is 27.8 Å². The molecule has 2 aromatic carbocycles. The smallest absolute Gasteiger partial charge is 0.298 e. The van der Waals surface area contributed by atoms with E-state index in [0.717, 1.165) is 31.4 Å². The highest BCUT2D eigenvalue weighted by molar-refractivity contribution is 6.05. The Labute approximate surface area is 243 Å². The van der Waals surface area contributed by atoms with Crippen molar-refractivity contribution in [1.29, 1.82) is 0 Å². The van der Waals surface area contributed by atoms with Gasteiger partial charge in [0.25, 0.3) is 11.8 Å². The van der Waals surface area contributed by atoms with E-state index in [0.29, 0.717) is 23.6 Å². The van der Waals surface area contributed by atoms with E-state index in [1.807, 2.05) is 0 Å². The number of hydrogen-bond acceptors (Lipinski definition) is 7. The summed E-state index contributed by atoms with van der Waals surface area (Å²) in [6, 6.07) is 7.05. The number of carbonyl (C=O) groups is 2. The van der Waals surface area contributed by atoms with Gasteiger partial charge in [-0.2, -0.15) is 0 Å². The minimum Gasteiger partial charge on any atom is -0.491 e. The molecule has 1 aliphatic carbocycles. The number of carbonyl (C=O) groups excluding carboxylic acids is 2. The molecular formula is C31H33F2N5O4. The number of likely N-dealkylation sites (tertiary alicyclic amines) is 1. The van der Waals surface area contributed by atoms with Crippen molar-refractivity contribution in [2.24, 2.45) is 0 Å². The van der Waals surface area contributed by atoms with Crippen molar-refractivity contribution in [2.75, 3.05) is 38.4 Å². The first-order valence-corrected chi connectivity index (χ1v) is 13.5. The van der Waals surface area contributed by atoms with Gasteiger partial charge in [-0.25, -0.2) is 18.7 Å². The van der Waals surface area contributed by atoms with Crippen LogP contribution in [0.3, 0.4) is 0 Å². The molecular weight excluding hydrogens is 544 g/mol. The van der Waals surface area contributed by atoms with E-state index in [-0.39, 0.29) is 40.5 Å². The summed E-state index contributed by atoms with van der Waals surface area (Å²) in [7, 11) is 3.08. The first kappa shape index (κ1) is 30.4. The molecule has 1 aromatic heterocycles. The fourth-order valence-corrected chi connectivity index (χ4v) is 4.70. The van der Waals surface area contributed by atoms with Crippen LogP contribution >= 0.6 is 0 Å². The van der Waals surface area contributed by atoms with Crippen LogP contribution in [0.15, 0.2) is 36.7 Å². The summed E-state index contributed by atoms with van der Waals surface area (Å²) in [4.78, 5) is 33.6. The lowest BCUT2D eigenvalue weighted by Crippen LogP contribution is -2.28. The molecule has 2 heterocycles. The number of nitrogens with two attached hydrogens (primary N) is 1. The summed E-state index contributed by atoms with van der Waals surface area (Å²) >= 11 is 0. The van der Waals surface area contributed by atoms with Crippen LogP contribution in [0.2, 0.25) is 0 Å². The Kier molecular flexibility index (Phi) is 9.70. The van der Waals surface area contributed by atoms with Gasteiger partial charge in [0, 0.05) is 31.5 Å². The molecule has 1 saturated heterocycles. The van der Waals surface area contributed by atoms with Crippen LogP contribution in [-0.2, 0) is 9.53 Å². The third-order valence-corrected chi connectivity index (χ3v) is 7.20. The number of methoxy groups -OCH3 is 2. The van der Waals surface area contributed by atoms with E-state index < -0.39 is 17.5 Å². The molecule has 0 spiro atoms. The predicted molar refractivity (Wildman–Crippen MR) is 155 cm³/mol. The van der Waals surface area contributed by atoms with Crippen molar-refractivity contribution in [3.63, 3.8) is 0 Å². The van der Waals surface area contributed by atoms with Crippen LogP contribution in [-0.4, -0.2) is 60.1 Å². The molecule has 2 amide bonds. The summed E-state index contributed by atoms with van der Waals surface area (Å²) in [5, 5.41) is 2.60. The average Bonchev–Trinajstić information content (AvgIpc) is 3.71. The molecule has 1 saturated carbocycles. The summed E-state index contributed by atoms with van der Waals surface area (Å²) in [6.45, 7) is 4.81. The Bertz CT molecular complexity index is 1550. The van der Waals surface area contributed by atoms with Crippen molar-refractivity contribution in [1.82, 2.24) is 14.9 Å². The molecule has 3 N–H and O–H groups in total. The second-order valence-electron chi connectivity index (χ2n) is 10.0. The quantitative estimate of drug-likeness (QED) is 0.408. The van der Waals surface area contributed by atoms with Gasteiger partial charge in [0.15, 0.2) is 11.6 Å². The lowest BCUT2D eigenvalue weighted by atomic mass is 10.0. The fraction of sp³-hybridized carbons (Fsp3) is 0.355. The van der Waals surface area contributed by atoms with E-state index in [1.165, 1.54) is 37.7 Å². The molecule has 42 heavy (non-hydrogen) atoms. The number of anilines is 2. The Morgan fingerprint density at radius 2 is 1.88 bits per heavy atom. The van der Waals surface area contributed by atoms with E-state index in [1.54, 1.807) is 31.9 Å². The lowest BCUT2D eigenvalue weighted by molar-refractivity contribution is -0.124. The molecule has 11 heteroatoms. The fourth-order valence-electron chi connectivity index (χ4n) is 4.70. The topological polar surface area (TPSA) is 120 Å². The van der Waals surface area contributed by atoms with E-state index in [2.05, 4.69) is 27.1 Å². The number of rotatable bonds is 6. The highest BCUT2D eigenvalue weighted by atomic mass is 19.1. The van der Waals surface area contributed by atoms with E-state index in [9.17, 15) is 18.4 Å². The van der Waals surface area contributed by atoms with Gasteiger partial charge < -0.3 is 25.4 Å². The van der Waals surface area contributed by atoms with Crippen LogP contribution in [0, 0.1) is 30.4 Å². The summed E-state index contributed by atoms with van der Waals surface area (Å²) in [5.41, 5.74) is 8.00. The van der Waals surface area contributed by atoms with Gasteiger partial charge in [0.1, 0.15) is 23.7 Å². The van der Waals surface area contributed by atoms with Crippen molar-refractivity contribution in [3.05, 3.63) is 65.0 Å². The monoisotopic (exact) mass is 577 g/mol. The van der Waals surface area contributed by atoms with Crippen LogP contribution in [0.4, 0.5) is 20.3 Å². The van der Waals surface area contributed by atoms with Gasteiger partial charge in [-0.3, -0.25) is 9.59 Å². The highest BCUT2D eigenvalue weighted by Gasteiger charge is 2.26. The molecule has 2 aliphatic rings. The zero-order valence-corrected chi connectivity index (χ0v) is 24.0. The Balaban J connectivity index is 0.000000283. The molecule has 1 aliphatic heterocycles. The molecule has 0 bridgehead atoms. The number of amides is 2. The number of halogens is 2. The number of hydrogen-bond donors (Lipinski definition) is 2. The molecule has 2 fully saturated rings. The van der Waals surface area contributed by atoms with Crippen LogP contribution in [0.5, 0.6) is 5.75 Å². The SMILES string of the molecule is CC#CC(=O)N1CCC(OC)C1.COc1c(N)ncnc1-c1cc(F)cc(NC(=O)c2ccc(C3CC3)cc2F)c1C. The van der Waals surface area contributed by atoms with Crippen LogP contribution < -0.4 is 15.8 Å². The van der Waals surface area contributed by atoms with Crippen molar-refractivity contribution >= 4 is 23.3 Å². The first-order chi connectivity index (χ1) is 20.2. The maximum absolute atomic E-state index is 14.5. The second kappa shape index (κ2) is 13.4. The largest absolute Gasteiger partial charge is 0.491 e. The molecule has 1 atom stereocenters. The number of nitrogen functional groups attached to an aromatic ring is 1. The van der Waals surface area contributed by atoms with Gasteiger partial charge in [-0.05, 0) is 80.3 Å². The maximum atomic E-state index is 14.5. The molecule has 1 unspecified atom stereocenters. The van der Waals surface area contributed by atoms with Crippen LogP contribution in [0.25, 0.3) is 11.3 Å². The third kappa shape index (κ3) is 7.01. The molecule has 3 aromatic rings. The number of nitrogens with one attached hydrogen (secondary N) is 1. The van der Waals surface area contributed by atoms with Gasteiger partial charge in [0.05, 0.1) is 18.8 Å². The van der Waals surface area contributed by atoms with E-state index in [4.69, 9.17) is 15.2 Å². The molecule has 9 nitrogen and oxygen atoms in total. The van der Waals surface area contributed by atoms with E-state index >= 15 is 0 Å². The van der Waals surface area contributed by atoms with Gasteiger partial charge in [-0.15, -0.1) is 0 Å². The minimum atomic E-state index is -0.663. The summed E-state index contributed by atoms with van der Waals surface area (Å²) < 4.78 is 39.2.